The zero-order chi connectivity index (χ0) is 23.9. The molecule has 34 heavy (non-hydrogen) atoms. The van der Waals surface area contributed by atoms with Crippen LogP contribution in [0.1, 0.15) is 44.1 Å². The molecule has 4 heterocycles. The van der Waals surface area contributed by atoms with Crippen LogP contribution in [-0.4, -0.2) is 102 Å². The van der Waals surface area contributed by atoms with Gasteiger partial charge in [-0.15, -0.1) is 0 Å². The second-order valence-electron chi connectivity index (χ2n) is 11.0. The first-order chi connectivity index (χ1) is 16.3. The molecule has 1 N–H and O–H groups in total. The van der Waals surface area contributed by atoms with Gasteiger partial charge in [-0.25, -0.2) is 0 Å². The lowest BCUT2D eigenvalue weighted by Gasteiger charge is -2.41. The van der Waals surface area contributed by atoms with Crippen molar-refractivity contribution in [1.82, 2.24) is 24.9 Å². The highest BCUT2D eigenvalue weighted by molar-refractivity contribution is 6.30. The number of rotatable bonds is 4. The van der Waals surface area contributed by atoms with Gasteiger partial charge in [0.2, 0.25) is 11.8 Å². The predicted molar refractivity (Wildman–Crippen MR) is 134 cm³/mol. The number of hydrogen-bond donors (Lipinski definition) is 1. The smallest absolute Gasteiger partial charge is 0.243 e. The van der Waals surface area contributed by atoms with Crippen LogP contribution in [0.25, 0.3) is 0 Å². The molecule has 4 aliphatic heterocycles. The van der Waals surface area contributed by atoms with E-state index in [-0.39, 0.29) is 23.9 Å². The summed E-state index contributed by atoms with van der Waals surface area (Å²) in [6.07, 6.45) is 5.10. The van der Waals surface area contributed by atoms with E-state index in [2.05, 4.69) is 40.2 Å². The fraction of sp³-hybridized carbons (Fsp3) is 0.692. The van der Waals surface area contributed by atoms with Gasteiger partial charge in [0.1, 0.15) is 6.04 Å². The normalized spacial score (nSPS) is 28.9. The number of piperidine rings is 2. The highest BCUT2D eigenvalue weighted by Gasteiger charge is 2.49. The van der Waals surface area contributed by atoms with Gasteiger partial charge in [-0.1, -0.05) is 23.7 Å². The summed E-state index contributed by atoms with van der Waals surface area (Å²) in [6.45, 7) is 5.49. The van der Waals surface area contributed by atoms with Crippen LogP contribution < -0.4 is 5.32 Å². The Bertz CT molecular complexity index is 882. The van der Waals surface area contributed by atoms with Gasteiger partial charge in [-0.05, 0) is 77.0 Å². The lowest BCUT2D eigenvalue weighted by molar-refractivity contribution is -0.135. The maximum atomic E-state index is 13.4. The third-order valence-electron chi connectivity index (χ3n) is 8.73. The summed E-state index contributed by atoms with van der Waals surface area (Å²) < 4.78 is 0. The maximum Gasteiger partial charge on any atom is 0.243 e. The number of likely N-dealkylation sites (tertiary alicyclic amines) is 2. The summed E-state index contributed by atoms with van der Waals surface area (Å²) in [6, 6.07) is 8.47. The van der Waals surface area contributed by atoms with E-state index >= 15 is 0 Å². The SMILES string of the molecule is CN1CCC(N(C)[C@H]2C[C@H]3C(=O)NC4(CCN(Cc5cccc(Cl)c5)CC4)CC(=O)N3C2)CC1. The molecule has 1 aromatic rings. The molecule has 7 nitrogen and oxygen atoms in total. The molecule has 4 fully saturated rings. The number of likely N-dealkylation sites (N-methyl/N-ethyl adjacent to an activating group) is 1. The summed E-state index contributed by atoms with van der Waals surface area (Å²) in [7, 11) is 4.36. The first-order valence-electron chi connectivity index (χ1n) is 12.8. The number of carbonyl (C=O) groups excluding carboxylic acids is 2. The Morgan fingerprint density at radius 1 is 1.12 bits per heavy atom. The van der Waals surface area contributed by atoms with Crippen molar-refractivity contribution in [3.8, 4) is 0 Å². The van der Waals surface area contributed by atoms with E-state index < -0.39 is 5.54 Å². The van der Waals surface area contributed by atoms with Crippen molar-refractivity contribution in [2.24, 2.45) is 0 Å². The van der Waals surface area contributed by atoms with Crippen molar-refractivity contribution in [3.63, 3.8) is 0 Å². The fourth-order valence-electron chi connectivity index (χ4n) is 6.45. The molecular formula is C26H38ClN5O2. The van der Waals surface area contributed by atoms with Crippen molar-refractivity contribution in [1.29, 1.82) is 0 Å². The number of amides is 2. The van der Waals surface area contributed by atoms with Gasteiger partial charge in [-0.2, -0.15) is 0 Å². The van der Waals surface area contributed by atoms with Crippen molar-refractivity contribution < 1.29 is 9.59 Å². The zero-order valence-corrected chi connectivity index (χ0v) is 21.3. The molecule has 1 aromatic carbocycles. The molecule has 2 amide bonds. The van der Waals surface area contributed by atoms with Crippen LogP contribution in [0.4, 0.5) is 0 Å². The van der Waals surface area contributed by atoms with Gasteiger partial charge in [0.05, 0.1) is 12.0 Å². The number of hydrogen-bond acceptors (Lipinski definition) is 5. The quantitative estimate of drug-likeness (QED) is 0.705. The number of nitrogens with zero attached hydrogens (tertiary/aromatic N) is 4. The van der Waals surface area contributed by atoms with Gasteiger partial charge < -0.3 is 15.1 Å². The van der Waals surface area contributed by atoms with E-state index in [0.29, 0.717) is 19.0 Å². The van der Waals surface area contributed by atoms with Crippen molar-refractivity contribution in [3.05, 3.63) is 34.9 Å². The van der Waals surface area contributed by atoms with Crippen LogP contribution in [0.5, 0.6) is 0 Å². The van der Waals surface area contributed by atoms with Gasteiger partial charge in [0.25, 0.3) is 0 Å². The second-order valence-corrected chi connectivity index (χ2v) is 11.4. The lowest BCUT2D eigenvalue weighted by Crippen LogP contribution is -2.56. The second kappa shape index (κ2) is 9.76. The van der Waals surface area contributed by atoms with Crippen LogP contribution >= 0.6 is 11.6 Å². The standard InChI is InChI=1S/C26H38ClN5O2/c1-29-10-6-21(7-11-29)30(2)22-15-23-25(34)28-26(16-24(33)32(23)18-22)8-12-31(13-9-26)17-19-4-3-5-20(27)14-19/h3-5,14,21-23H,6-13,15-18H2,1-2H3,(H,28,34)/t22-,23-/m0/s1. The predicted octanol–water partition coefficient (Wildman–Crippen LogP) is 2.19. The number of nitrogens with one attached hydrogen (secondary N) is 1. The van der Waals surface area contributed by atoms with Gasteiger partial charge in [-0.3, -0.25) is 19.4 Å². The van der Waals surface area contributed by atoms with E-state index in [4.69, 9.17) is 11.6 Å². The number of halogens is 1. The van der Waals surface area contributed by atoms with Crippen molar-refractivity contribution in [2.45, 2.75) is 68.7 Å². The third-order valence-corrected chi connectivity index (χ3v) is 8.96. The van der Waals surface area contributed by atoms with E-state index in [1.54, 1.807) is 0 Å². The van der Waals surface area contributed by atoms with Crippen LogP contribution in [-0.2, 0) is 16.1 Å². The summed E-state index contributed by atoms with van der Waals surface area (Å²) in [5.74, 6) is 0.194. The highest BCUT2D eigenvalue weighted by atomic mass is 35.5. The minimum Gasteiger partial charge on any atom is -0.348 e. The number of fused-ring (bicyclic) bond motifs is 1. The third kappa shape index (κ3) is 4.99. The molecule has 0 radical (unpaired) electrons. The molecule has 0 bridgehead atoms. The van der Waals surface area contributed by atoms with Crippen LogP contribution in [0.15, 0.2) is 24.3 Å². The molecule has 0 aromatic heterocycles. The molecule has 5 rings (SSSR count). The van der Waals surface area contributed by atoms with Crippen molar-refractivity contribution in [2.75, 3.05) is 46.8 Å². The van der Waals surface area contributed by atoms with Gasteiger partial charge >= 0.3 is 0 Å². The minimum atomic E-state index is -0.404. The van der Waals surface area contributed by atoms with Gasteiger partial charge in [0.15, 0.2) is 0 Å². The van der Waals surface area contributed by atoms with E-state index in [0.717, 1.165) is 69.9 Å². The summed E-state index contributed by atoms with van der Waals surface area (Å²) in [4.78, 5) is 35.9. The Hall–Kier alpha value is -1.67. The molecule has 8 heteroatoms. The Balaban J connectivity index is 1.19. The molecule has 0 aliphatic carbocycles. The summed E-state index contributed by atoms with van der Waals surface area (Å²) in [5.41, 5.74) is 0.795. The molecular weight excluding hydrogens is 450 g/mol. The summed E-state index contributed by atoms with van der Waals surface area (Å²) >= 11 is 6.14. The molecule has 0 unspecified atom stereocenters. The van der Waals surface area contributed by atoms with E-state index in [9.17, 15) is 9.59 Å². The highest BCUT2D eigenvalue weighted by Crippen LogP contribution is 2.34. The maximum absolute atomic E-state index is 13.4. The van der Waals surface area contributed by atoms with Gasteiger partial charge in [0, 0.05) is 43.3 Å². The Kier molecular flexibility index (Phi) is 6.90. The minimum absolute atomic E-state index is 0.0495. The van der Waals surface area contributed by atoms with Crippen molar-refractivity contribution >= 4 is 23.4 Å². The zero-order valence-electron chi connectivity index (χ0n) is 20.5. The molecule has 0 saturated carbocycles. The Labute approximate surface area is 208 Å². The summed E-state index contributed by atoms with van der Waals surface area (Å²) in [5, 5.41) is 4.12. The average molecular weight is 488 g/mol. The molecule has 1 spiro atoms. The van der Waals surface area contributed by atoms with Crippen LogP contribution in [0, 0.1) is 0 Å². The fourth-order valence-corrected chi connectivity index (χ4v) is 6.66. The Morgan fingerprint density at radius 2 is 1.85 bits per heavy atom. The number of carbonyl (C=O) groups is 2. The molecule has 186 valence electrons. The molecule has 4 aliphatic rings. The number of benzene rings is 1. The first-order valence-corrected chi connectivity index (χ1v) is 13.2. The largest absolute Gasteiger partial charge is 0.348 e. The van der Waals surface area contributed by atoms with Crippen LogP contribution in [0.2, 0.25) is 5.02 Å². The monoisotopic (exact) mass is 487 g/mol. The van der Waals surface area contributed by atoms with E-state index in [1.807, 2.05) is 23.1 Å². The first kappa shape index (κ1) is 24.0. The molecule has 2 atom stereocenters. The average Bonchev–Trinajstić information content (AvgIpc) is 3.23. The van der Waals surface area contributed by atoms with Crippen LogP contribution in [0.3, 0.4) is 0 Å². The Morgan fingerprint density at radius 3 is 2.56 bits per heavy atom. The van der Waals surface area contributed by atoms with E-state index in [1.165, 1.54) is 5.56 Å². The molecule has 4 saturated heterocycles. The topological polar surface area (TPSA) is 59.1 Å². The lowest BCUT2D eigenvalue weighted by atomic mass is 9.84.